The average molecular weight is 436 g/mol. The number of hydrogen-bond acceptors (Lipinski definition) is 6. The maximum Gasteiger partial charge on any atom is 0.350 e. The van der Waals surface area contributed by atoms with E-state index in [1.165, 1.54) is 24.3 Å². The van der Waals surface area contributed by atoms with Crippen molar-refractivity contribution in [3.05, 3.63) is 53.3 Å². The first kappa shape index (κ1) is 24.0. The van der Waals surface area contributed by atoms with Crippen LogP contribution in [-0.4, -0.2) is 45.1 Å². The third-order valence-electron chi connectivity index (χ3n) is 5.04. The van der Waals surface area contributed by atoms with E-state index in [2.05, 4.69) is 20.8 Å². The summed E-state index contributed by atoms with van der Waals surface area (Å²) in [7, 11) is -2.17. The summed E-state index contributed by atoms with van der Waals surface area (Å²) >= 11 is 0. The third-order valence-corrected chi connectivity index (χ3v) is 6.81. The largest absolute Gasteiger partial charge is 0.477 e. The van der Waals surface area contributed by atoms with Crippen LogP contribution in [0.4, 0.5) is 0 Å². The number of carbonyl (C=O) groups is 1. The van der Waals surface area contributed by atoms with E-state index in [9.17, 15) is 13.2 Å². The second-order valence-electron chi connectivity index (χ2n) is 9.31. The molecule has 0 N–H and O–H groups in total. The molecule has 1 saturated heterocycles. The van der Waals surface area contributed by atoms with E-state index in [0.717, 1.165) is 6.42 Å². The Morgan fingerprint density at radius 2 is 1.87 bits per heavy atom. The molecule has 30 heavy (non-hydrogen) atoms. The van der Waals surface area contributed by atoms with Crippen molar-refractivity contribution in [2.24, 2.45) is 5.41 Å². The molecule has 1 heterocycles. The van der Waals surface area contributed by atoms with Crippen LogP contribution >= 0.6 is 0 Å². The Bertz CT molecular complexity index is 909. The molecule has 7 heteroatoms. The predicted molar refractivity (Wildman–Crippen MR) is 117 cm³/mol. The van der Waals surface area contributed by atoms with Crippen molar-refractivity contribution in [1.82, 2.24) is 4.90 Å². The van der Waals surface area contributed by atoms with Crippen molar-refractivity contribution in [2.45, 2.75) is 57.9 Å². The van der Waals surface area contributed by atoms with Gasteiger partial charge in [0.25, 0.3) is 0 Å². The molecule has 0 spiro atoms. The zero-order valence-electron chi connectivity index (χ0n) is 18.8. The lowest BCUT2D eigenvalue weighted by Crippen LogP contribution is -2.36. The summed E-state index contributed by atoms with van der Waals surface area (Å²) in [6, 6.07) is 7.88. The summed E-state index contributed by atoms with van der Waals surface area (Å²) in [6.07, 6.45) is 4.32. The molecule has 0 radical (unpaired) electrons. The van der Waals surface area contributed by atoms with Gasteiger partial charge < -0.3 is 14.4 Å². The van der Waals surface area contributed by atoms with Crippen LogP contribution in [0.15, 0.2) is 58.2 Å². The zero-order valence-corrected chi connectivity index (χ0v) is 19.6. The molecule has 0 aliphatic carbocycles. The molecule has 1 aliphatic heterocycles. The zero-order chi connectivity index (χ0) is 22.6. The number of sulfone groups is 1. The monoisotopic (exact) mass is 435 g/mol. The van der Waals surface area contributed by atoms with Gasteiger partial charge >= 0.3 is 5.97 Å². The smallest absolute Gasteiger partial charge is 0.350 e. The van der Waals surface area contributed by atoms with Gasteiger partial charge in [-0.15, -0.1) is 0 Å². The van der Waals surface area contributed by atoms with Gasteiger partial charge in [0.2, 0.25) is 9.84 Å². The van der Waals surface area contributed by atoms with Crippen molar-refractivity contribution >= 4 is 15.8 Å². The molecule has 0 saturated carbocycles. The van der Waals surface area contributed by atoms with E-state index in [1.807, 2.05) is 25.8 Å². The van der Waals surface area contributed by atoms with Gasteiger partial charge in [0, 0.05) is 7.05 Å². The number of likely N-dealkylation sites (N-methyl/N-ethyl adjacent to an activating group) is 1. The van der Waals surface area contributed by atoms with E-state index in [4.69, 9.17) is 9.47 Å². The standard InChI is InChI=1S/C23H33NO5S/c1-22(2,3)15-10-16-28-21(25)19(30(26,27)18-11-8-7-9-12-18)13-14-20-24(6)23(4,5)17-29-20/h7-9,11-14H,10,15-17H2,1-6H3/b19-13-,20-14+. The molecule has 6 nitrogen and oxygen atoms in total. The molecule has 166 valence electrons. The molecule has 0 amide bonds. The van der Waals surface area contributed by atoms with E-state index >= 15 is 0 Å². The molecule has 1 aromatic carbocycles. The van der Waals surface area contributed by atoms with Crippen LogP contribution in [0, 0.1) is 5.41 Å². The van der Waals surface area contributed by atoms with Gasteiger partial charge in [-0.25, -0.2) is 13.2 Å². The molecule has 2 rings (SSSR count). The summed E-state index contributed by atoms with van der Waals surface area (Å²) in [5.41, 5.74) is -0.103. The van der Waals surface area contributed by atoms with E-state index in [-0.39, 0.29) is 22.5 Å². The molecule has 0 aromatic heterocycles. The van der Waals surface area contributed by atoms with Crippen LogP contribution in [0.5, 0.6) is 0 Å². The minimum Gasteiger partial charge on any atom is -0.477 e. The highest BCUT2D eigenvalue weighted by Crippen LogP contribution is 2.28. The summed E-state index contributed by atoms with van der Waals surface area (Å²) in [6.45, 7) is 11.0. The fourth-order valence-electron chi connectivity index (χ4n) is 2.88. The molecular formula is C23H33NO5S. The first-order valence-electron chi connectivity index (χ1n) is 10.1. The molecule has 0 unspecified atom stereocenters. The van der Waals surface area contributed by atoms with Crippen molar-refractivity contribution < 1.29 is 22.7 Å². The molecule has 1 aromatic rings. The highest BCUT2D eigenvalue weighted by molar-refractivity contribution is 7.96. The van der Waals surface area contributed by atoms with Gasteiger partial charge in [-0.05, 0) is 56.4 Å². The van der Waals surface area contributed by atoms with Crippen LogP contribution in [0.2, 0.25) is 0 Å². The molecule has 1 aliphatic rings. The fraction of sp³-hybridized carbons (Fsp3) is 0.522. The van der Waals surface area contributed by atoms with Gasteiger partial charge in [-0.1, -0.05) is 39.0 Å². The van der Waals surface area contributed by atoms with Gasteiger partial charge in [-0.3, -0.25) is 0 Å². The number of esters is 1. The number of ether oxygens (including phenoxy) is 2. The van der Waals surface area contributed by atoms with Crippen molar-refractivity contribution in [2.75, 3.05) is 20.3 Å². The van der Waals surface area contributed by atoms with Gasteiger partial charge in [0.15, 0.2) is 10.8 Å². The van der Waals surface area contributed by atoms with Crippen LogP contribution in [0.3, 0.4) is 0 Å². The fourth-order valence-corrected chi connectivity index (χ4v) is 4.18. The Hall–Kier alpha value is -2.28. The lowest BCUT2D eigenvalue weighted by molar-refractivity contribution is -0.138. The Kier molecular flexibility index (Phi) is 7.40. The summed E-state index contributed by atoms with van der Waals surface area (Å²) in [4.78, 5) is 14.3. The van der Waals surface area contributed by atoms with Crippen LogP contribution in [0.1, 0.15) is 47.5 Å². The molecule has 1 fully saturated rings. The Morgan fingerprint density at radius 3 is 2.40 bits per heavy atom. The average Bonchev–Trinajstić information content (AvgIpc) is 2.92. The van der Waals surface area contributed by atoms with Crippen LogP contribution in [0.25, 0.3) is 0 Å². The van der Waals surface area contributed by atoms with E-state index in [1.54, 1.807) is 18.2 Å². The van der Waals surface area contributed by atoms with Crippen LogP contribution < -0.4 is 0 Å². The number of carbonyl (C=O) groups excluding carboxylic acids is 1. The SMILES string of the molecule is CN1/C(=C\C=C(\C(=O)OCCCC(C)(C)C)S(=O)(=O)c2ccccc2)OCC1(C)C. The maximum atomic E-state index is 13.1. The topological polar surface area (TPSA) is 72.9 Å². The minimum absolute atomic E-state index is 0.0438. The third kappa shape index (κ3) is 6.11. The lowest BCUT2D eigenvalue weighted by Gasteiger charge is -2.25. The van der Waals surface area contributed by atoms with Gasteiger partial charge in [0.05, 0.1) is 17.0 Å². The summed E-state index contributed by atoms with van der Waals surface area (Å²) in [5, 5.41) is 0. The molecule has 0 bridgehead atoms. The minimum atomic E-state index is -4.04. The molecular weight excluding hydrogens is 402 g/mol. The predicted octanol–water partition coefficient (Wildman–Crippen LogP) is 4.30. The maximum absolute atomic E-state index is 13.1. The Labute approximate surface area is 180 Å². The van der Waals surface area contributed by atoms with E-state index in [0.29, 0.717) is 18.9 Å². The van der Waals surface area contributed by atoms with Gasteiger partial charge in [-0.2, -0.15) is 0 Å². The Morgan fingerprint density at radius 1 is 1.23 bits per heavy atom. The summed E-state index contributed by atoms with van der Waals surface area (Å²) in [5.74, 6) is -0.356. The molecule has 0 atom stereocenters. The van der Waals surface area contributed by atoms with Crippen LogP contribution in [-0.2, 0) is 24.1 Å². The second kappa shape index (κ2) is 9.25. The first-order valence-corrected chi connectivity index (χ1v) is 11.6. The number of hydrogen-bond donors (Lipinski definition) is 0. The number of allylic oxidation sites excluding steroid dienone is 2. The first-order chi connectivity index (χ1) is 13.8. The normalized spacial score (nSPS) is 18.4. The number of nitrogens with zero attached hydrogens (tertiary/aromatic N) is 1. The number of benzene rings is 1. The Balaban J connectivity index is 2.30. The highest BCUT2D eigenvalue weighted by atomic mass is 32.2. The van der Waals surface area contributed by atoms with Crippen molar-refractivity contribution in [1.29, 1.82) is 0 Å². The van der Waals surface area contributed by atoms with Crippen molar-refractivity contribution in [3.8, 4) is 0 Å². The highest BCUT2D eigenvalue weighted by Gasteiger charge is 2.34. The lowest BCUT2D eigenvalue weighted by atomic mass is 9.91. The quantitative estimate of drug-likeness (QED) is 0.361. The van der Waals surface area contributed by atoms with Crippen molar-refractivity contribution in [3.63, 3.8) is 0 Å². The van der Waals surface area contributed by atoms with E-state index < -0.39 is 20.7 Å². The summed E-state index contributed by atoms with van der Waals surface area (Å²) < 4.78 is 37.2. The number of rotatable bonds is 7. The van der Waals surface area contributed by atoms with Gasteiger partial charge in [0.1, 0.15) is 6.61 Å². The second-order valence-corrected chi connectivity index (χ2v) is 11.2.